The topological polar surface area (TPSA) is 71.5 Å². The minimum Gasteiger partial charge on any atom is -0.479 e. The van der Waals surface area contributed by atoms with Gasteiger partial charge in [-0.3, -0.25) is 4.79 Å². The van der Waals surface area contributed by atoms with Crippen molar-refractivity contribution in [3.8, 4) is 5.88 Å². The van der Waals surface area contributed by atoms with Gasteiger partial charge in [0, 0.05) is 23.0 Å². The van der Waals surface area contributed by atoms with Crippen molar-refractivity contribution in [1.82, 2.24) is 4.98 Å². The van der Waals surface area contributed by atoms with Crippen molar-refractivity contribution in [2.75, 3.05) is 12.4 Å². The van der Waals surface area contributed by atoms with Crippen molar-refractivity contribution in [2.45, 2.75) is 5.60 Å². The molecule has 2 aromatic rings. The Morgan fingerprint density at radius 2 is 2.05 bits per heavy atom. The van der Waals surface area contributed by atoms with E-state index in [1.165, 1.54) is 19.4 Å². The van der Waals surface area contributed by atoms with E-state index < -0.39 is 23.1 Å². The second kappa shape index (κ2) is 4.49. The predicted molar refractivity (Wildman–Crippen MR) is 68.8 cm³/mol. The quantitative estimate of drug-likeness (QED) is 0.881. The summed E-state index contributed by atoms with van der Waals surface area (Å²) in [5.74, 6) is -2.85. The summed E-state index contributed by atoms with van der Waals surface area (Å²) in [5.41, 5.74) is -2.52. The van der Waals surface area contributed by atoms with E-state index in [1.807, 2.05) is 0 Å². The zero-order valence-corrected chi connectivity index (χ0v) is 10.9. The van der Waals surface area contributed by atoms with Crippen LogP contribution in [0.5, 0.6) is 5.88 Å². The third-order valence-electron chi connectivity index (χ3n) is 3.39. The number of amides is 1. The van der Waals surface area contributed by atoms with Gasteiger partial charge in [0.2, 0.25) is 0 Å². The van der Waals surface area contributed by atoms with Gasteiger partial charge in [0.1, 0.15) is 5.82 Å². The van der Waals surface area contributed by atoms with Gasteiger partial charge in [-0.25, -0.2) is 13.8 Å². The molecule has 1 unspecified atom stereocenters. The molecule has 0 radical (unpaired) electrons. The second-order valence-corrected chi connectivity index (χ2v) is 4.54. The highest BCUT2D eigenvalue weighted by Gasteiger charge is 2.49. The second-order valence-electron chi connectivity index (χ2n) is 4.54. The fourth-order valence-corrected chi connectivity index (χ4v) is 2.37. The number of hydrogen-bond acceptors (Lipinski definition) is 4. The largest absolute Gasteiger partial charge is 0.479 e. The Balaban J connectivity index is 2.27. The lowest BCUT2D eigenvalue weighted by Crippen LogP contribution is -2.36. The zero-order valence-electron chi connectivity index (χ0n) is 10.9. The molecule has 3 rings (SSSR count). The fraction of sp³-hybridized carbons (Fsp3) is 0.143. The van der Waals surface area contributed by atoms with Crippen LogP contribution in [-0.2, 0) is 10.4 Å². The van der Waals surface area contributed by atoms with Crippen molar-refractivity contribution in [1.29, 1.82) is 0 Å². The lowest BCUT2D eigenvalue weighted by atomic mass is 9.87. The van der Waals surface area contributed by atoms with Crippen LogP contribution in [0.1, 0.15) is 11.1 Å². The Bertz CT molecular complexity index is 751. The Kier molecular flexibility index (Phi) is 2.87. The Labute approximate surface area is 118 Å². The van der Waals surface area contributed by atoms with Gasteiger partial charge in [0.15, 0.2) is 11.4 Å². The average molecular weight is 292 g/mol. The number of hydrogen-bond donors (Lipinski definition) is 2. The third kappa shape index (κ3) is 1.78. The number of halogens is 2. The number of aliphatic hydroxyl groups is 1. The summed E-state index contributed by atoms with van der Waals surface area (Å²) in [6, 6.07) is 4.57. The molecule has 1 atom stereocenters. The monoisotopic (exact) mass is 292 g/mol. The number of fused-ring (bicyclic) bond motifs is 1. The van der Waals surface area contributed by atoms with E-state index in [9.17, 15) is 18.7 Å². The van der Waals surface area contributed by atoms with Gasteiger partial charge < -0.3 is 15.2 Å². The molecule has 2 heterocycles. The minimum atomic E-state index is -2.34. The third-order valence-corrected chi connectivity index (χ3v) is 3.39. The van der Waals surface area contributed by atoms with Crippen LogP contribution in [0.4, 0.5) is 14.5 Å². The number of nitrogens with one attached hydrogen (secondary N) is 1. The van der Waals surface area contributed by atoms with Gasteiger partial charge in [0.25, 0.3) is 11.8 Å². The molecule has 2 N–H and O–H groups in total. The number of nitrogens with zero attached hydrogens (tertiary/aromatic N) is 1. The smallest absolute Gasteiger partial charge is 0.265 e. The zero-order chi connectivity index (χ0) is 15.2. The van der Waals surface area contributed by atoms with Gasteiger partial charge >= 0.3 is 0 Å². The summed E-state index contributed by atoms with van der Waals surface area (Å²) in [7, 11) is 1.21. The summed E-state index contributed by atoms with van der Waals surface area (Å²) in [4.78, 5) is 15.7. The molecule has 5 nitrogen and oxygen atoms in total. The maximum Gasteiger partial charge on any atom is 0.265 e. The van der Waals surface area contributed by atoms with E-state index in [4.69, 9.17) is 4.74 Å². The molecule has 1 aromatic carbocycles. The van der Waals surface area contributed by atoms with E-state index in [-0.39, 0.29) is 22.7 Å². The van der Waals surface area contributed by atoms with Crippen LogP contribution in [0.15, 0.2) is 30.5 Å². The fourth-order valence-electron chi connectivity index (χ4n) is 2.37. The van der Waals surface area contributed by atoms with Crippen molar-refractivity contribution < 1.29 is 23.4 Å². The first-order chi connectivity index (χ1) is 9.98. The molecular formula is C14H10F2N2O3. The first-order valence-electron chi connectivity index (χ1n) is 6.01. The van der Waals surface area contributed by atoms with Crippen LogP contribution >= 0.6 is 0 Å². The van der Waals surface area contributed by atoms with Crippen molar-refractivity contribution in [3.63, 3.8) is 0 Å². The van der Waals surface area contributed by atoms with E-state index in [0.717, 1.165) is 18.2 Å². The summed E-state index contributed by atoms with van der Waals surface area (Å²) < 4.78 is 32.5. The molecule has 1 aliphatic heterocycles. The number of pyridine rings is 1. The van der Waals surface area contributed by atoms with Crippen LogP contribution in [0.25, 0.3) is 0 Å². The maximum absolute atomic E-state index is 14.3. The van der Waals surface area contributed by atoms with Gasteiger partial charge in [0.05, 0.1) is 7.11 Å². The number of rotatable bonds is 2. The Morgan fingerprint density at radius 1 is 1.29 bits per heavy atom. The van der Waals surface area contributed by atoms with Gasteiger partial charge in [-0.1, -0.05) is 0 Å². The predicted octanol–water partition coefficient (Wildman–Crippen LogP) is 1.56. The van der Waals surface area contributed by atoms with Crippen molar-refractivity contribution >= 4 is 11.6 Å². The highest BCUT2D eigenvalue weighted by atomic mass is 19.1. The van der Waals surface area contributed by atoms with Gasteiger partial charge in [-0.05, 0) is 24.3 Å². The Morgan fingerprint density at radius 3 is 2.76 bits per heavy atom. The summed E-state index contributed by atoms with van der Waals surface area (Å²) in [5, 5.41) is 13.1. The molecule has 1 amide bonds. The summed E-state index contributed by atoms with van der Waals surface area (Å²) in [6.45, 7) is 0. The van der Waals surface area contributed by atoms with Crippen LogP contribution in [0.3, 0.4) is 0 Å². The molecule has 0 aliphatic carbocycles. The highest BCUT2D eigenvalue weighted by molar-refractivity contribution is 6.07. The number of aromatic nitrogens is 1. The standard InChI is InChI=1S/C14H10F2N2O3/c1-21-12-11(16)8(4-5-17-12)14(20)9-6-7(15)2-3-10(9)18-13(14)19/h2-6,20H,1H3,(H,18,19). The number of carbonyl (C=O) groups excluding carboxylic acids is 1. The van der Waals surface area contributed by atoms with Gasteiger partial charge in [-0.2, -0.15) is 0 Å². The van der Waals surface area contributed by atoms with Crippen LogP contribution in [0, 0.1) is 11.6 Å². The van der Waals surface area contributed by atoms with Crippen LogP contribution in [-0.4, -0.2) is 23.1 Å². The van der Waals surface area contributed by atoms with Gasteiger partial charge in [-0.15, -0.1) is 0 Å². The SMILES string of the molecule is COc1nccc(C2(O)C(=O)Nc3ccc(F)cc32)c1F. The lowest BCUT2D eigenvalue weighted by Gasteiger charge is -2.22. The van der Waals surface area contributed by atoms with Crippen molar-refractivity contribution in [3.05, 3.63) is 53.2 Å². The molecule has 7 heteroatoms. The first kappa shape index (κ1) is 13.4. The van der Waals surface area contributed by atoms with E-state index in [2.05, 4.69) is 10.3 Å². The lowest BCUT2D eigenvalue weighted by molar-refractivity contribution is -0.129. The highest BCUT2D eigenvalue weighted by Crippen LogP contribution is 2.42. The minimum absolute atomic E-state index is 0.0559. The van der Waals surface area contributed by atoms with Crippen molar-refractivity contribution in [2.24, 2.45) is 0 Å². The normalized spacial score (nSPS) is 20.1. The average Bonchev–Trinajstić information content (AvgIpc) is 2.72. The molecule has 0 fully saturated rings. The number of ether oxygens (including phenoxy) is 1. The molecule has 0 spiro atoms. The first-order valence-corrected chi connectivity index (χ1v) is 6.01. The number of carbonyl (C=O) groups is 1. The summed E-state index contributed by atoms with van der Waals surface area (Å²) in [6.07, 6.45) is 1.19. The van der Waals surface area contributed by atoms with Crippen LogP contribution in [0.2, 0.25) is 0 Å². The maximum atomic E-state index is 14.3. The summed E-state index contributed by atoms with van der Waals surface area (Å²) >= 11 is 0. The van der Waals surface area contributed by atoms with E-state index in [0.29, 0.717) is 0 Å². The molecule has 21 heavy (non-hydrogen) atoms. The van der Waals surface area contributed by atoms with E-state index >= 15 is 0 Å². The molecule has 1 aromatic heterocycles. The number of benzene rings is 1. The molecule has 0 saturated carbocycles. The molecule has 108 valence electrons. The van der Waals surface area contributed by atoms with E-state index in [1.54, 1.807) is 0 Å². The van der Waals surface area contributed by atoms with Crippen LogP contribution < -0.4 is 10.1 Å². The number of anilines is 1. The molecule has 0 saturated heterocycles. The Hall–Kier alpha value is -2.54. The molecule has 1 aliphatic rings. The number of methoxy groups -OCH3 is 1. The molecule has 0 bridgehead atoms. The molecular weight excluding hydrogens is 282 g/mol.